The van der Waals surface area contributed by atoms with Gasteiger partial charge in [-0.2, -0.15) is 13.2 Å². The van der Waals surface area contributed by atoms with E-state index >= 15 is 0 Å². The highest BCUT2D eigenvalue weighted by Gasteiger charge is 2.38. The molecule has 1 fully saturated rings. The number of unbranched alkanes of at least 4 members (excludes halogenated alkanes) is 2. The second-order valence-electron chi connectivity index (χ2n) is 9.69. The van der Waals surface area contributed by atoms with Crippen molar-refractivity contribution in [2.75, 3.05) is 18.8 Å². The number of carboxylic acid groups (broad SMARTS) is 1. The summed E-state index contributed by atoms with van der Waals surface area (Å²) in [4.78, 5) is 25.8. The smallest absolute Gasteiger partial charge is 0.475 e. The van der Waals surface area contributed by atoms with Crippen LogP contribution in [0.3, 0.4) is 0 Å². The van der Waals surface area contributed by atoms with Gasteiger partial charge in [0.25, 0.3) is 5.91 Å². The number of sulfonamides is 1. The van der Waals surface area contributed by atoms with Gasteiger partial charge in [-0.3, -0.25) is 4.79 Å². The van der Waals surface area contributed by atoms with Crippen LogP contribution >= 0.6 is 11.3 Å². The third-order valence-corrected chi connectivity index (χ3v) is 9.87. The largest absolute Gasteiger partial charge is 0.490 e. The number of carboxylic acids is 1. The Morgan fingerprint density at radius 2 is 1.77 bits per heavy atom. The lowest BCUT2D eigenvalue weighted by Gasteiger charge is -2.31. The summed E-state index contributed by atoms with van der Waals surface area (Å²) in [6.45, 7) is 4.96. The number of carbonyl (C=O) groups excluding carboxylic acids is 1. The normalized spacial score (nSPS) is 15.1. The van der Waals surface area contributed by atoms with Crippen LogP contribution in [0.15, 0.2) is 29.8 Å². The minimum Gasteiger partial charge on any atom is -0.475 e. The van der Waals surface area contributed by atoms with Crippen LogP contribution in [-0.4, -0.2) is 59.7 Å². The molecule has 1 aliphatic rings. The SMILES string of the molecule is CCCCCc1cc(-c2cc(C(N)=O)c3[nH]cc(C4CCN(S(=O)(=O)CC)CC4)c3c2)cs1.O=C(O)C(F)(F)F. The van der Waals surface area contributed by atoms with Crippen LogP contribution in [-0.2, 0) is 21.2 Å². The van der Waals surface area contributed by atoms with E-state index in [0.717, 1.165) is 46.9 Å². The highest BCUT2D eigenvalue weighted by molar-refractivity contribution is 7.89. The van der Waals surface area contributed by atoms with E-state index in [4.69, 9.17) is 15.6 Å². The molecule has 0 atom stereocenters. The van der Waals surface area contributed by atoms with Crippen LogP contribution in [0.4, 0.5) is 13.2 Å². The van der Waals surface area contributed by atoms with Gasteiger partial charge in [0, 0.05) is 29.5 Å². The summed E-state index contributed by atoms with van der Waals surface area (Å²) in [6.07, 6.45) is 3.13. The van der Waals surface area contributed by atoms with Crippen LogP contribution in [0.5, 0.6) is 0 Å². The molecule has 1 saturated heterocycles. The standard InChI is InChI=1S/C25H33N3O3S2.C2HF3O2/c1-3-5-6-7-20-12-19(16-32-20)18-13-21-23(15-27-24(21)22(14-18)25(26)29)17-8-10-28(11-9-17)33(30,31)4-2;3-2(4,5)1(6)7/h12-17,27H,3-11H2,1-2H3,(H2,26,29);(H,6,7). The lowest BCUT2D eigenvalue weighted by molar-refractivity contribution is -0.192. The summed E-state index contributed by atoms with van der Waals surface area (Å²) in [5, 5.41) is 10.3. The van der Waals surface area contributed by atoms with Crippen LogP contribution in [0, 0.1) is 0 Å². The monoisotopic (exact) mass is 601 g/mol. The molecule has 0 aliphatic carbocycles. The number of nitrogens with zero attached hydrogens (tertiary/aromatic N) is 1. The van der Waals surface area contributed by atoms with Gasteiger partial charge in [-0.25, -0.2) is 17.5 Å². The number of benzene rings is 1. The fourth-order valence-corrected chi connectivity index (χ4v) is 6.86. The first-order chi connectivity index (χ1) is 18.8. The third kappa shape index (κ3) is 7.64. The molecular weight excluding hydrogens is 567 g/mol. The van der Waals surface area contributed by atoms with E-state index < -0.39 is 28.1 Å². The minimum absolute atomic E-state index is 0.136. The lowest BCUT2D eigenvalue weighted by Crippen LogP contribution is -2.38. The number of nitrogens with two attached hydrogens (primary N) is 1. The van der Waals surface area contributed by atoms with Crippen molar-refractivity contribution >= 4 is 44.1 Å². The van der Waals surface area contributed by atoms with Crippen LogP contribution < -0.4 is 5.73 Å². The molecule has 1 aromatic carbocycles. The molecule has 0 radical (unpaired) electrons. The molecule has 8 nitrogen and oxygen atoms in total. The number of aromatic nitrogens is 1. The Morgan fingerprint density at radius 1 is 1.12 bits per heavy atom. The quantitative estimate of drug-likeness (QED) is 0.263. The predicted octanol–water partition coefficient (Wildman–Crippen LogP) is 5.89. The van der Waals surface area contributed by atoms with E-state index in [0.29, 0.717) is 18.7 Å². The Hall–Kier alpha value is -2.90. The number of rotatable bonds is 9. The average Bonchev–Trinajstić information content (AvgIpc) is 3.55. The highest BCUT2D eigenvalue weighted by Crippen LogP contribution is 2.38. The van der Waals surface area contributed by atoms with Crippen molar-refractivity contribution in [3.05, 3.63) is 45.8 Å². The molecule has 1 aliphatic heterocycles. The lowest BCUT2D eigenvalue weighted by atomic mass is 9.88. The molecule has 13 heteroatoms. The molecule has 40 heavy (non-hydrogen) atoms. The first kappa shape index (κ1) is 31.6. The molecule has 1 amide bonds. The number of aliphatic carboxylic acids is 1. The molecule has 4 rings (SSSR count). The van der Waals surface area contributed by atoms with Gasteiger partial charge in [0.1, 0.15) is 0 Å². The van der Waals surface area contributed by atoms with E-state index in [9.17, 15) is 26.4 Å². The summed E-state index contributed by atoms with van der Waals surface area (Å²) in [5.74, 6) is -2.83. The van der Waals surface area contributed by atoms with Crippen LogP contribution in [0.2, 0.25) is 0 Å². The van der Waals surface area contributed by atoms with Crippen molar-refractivity contribution in [3.63, 3.8) is 0 Å². The maximum Gasteiger partial charge on any atom is 0.490 e. The molecule has 0 spiro atoms. The van der Waals surface area contributed by atoms with Gasteiger partial charge in [-0.1, -0.05) is 19.8 Å². The van der Waals surface area contributed by atoms with Crippen molar-refractivity contribution in [3.8, 4) is 11.1 Å². The van der Waals surface area contributed by atoms with E-state index in [-0.39, 0.29) is 11.7 Å². The molecule has 0 bridgehead atoms. The van der Waals surface area contributed by atoms with Gasteiger partial charge in [0.2, 0.25) is 10.0 Å². The number of piperidine rings is 1. The second-order valence-corrected chi connectivity index (χ2v) is 12.9. The van der Waals surface area contributed by atoms with Gasteiger partial charge in [-0.05, 0) is 78.8 Å². The van der Waals surface area contributed by atoms with Gasteiger partial charge >= 0.3 is 12.1 Å². The third-order valence-electron chi connectivity index (χ3n) is 7.00. The van der Waals surface area contributed by atoms with Gasteiger partial charge in [0.15, 0.2) is 0 Å². The number of aromatic amines is 1. The van der Waals surface area contributed by atoms with Crippen LogP contribution in [0.1, 0.15) is 72.7 Å². The van der Waals surface area contributed by atoms with E-state index in [1.165, 1.54) is 24.1 Å². The first-order valence-electron chi connectivity index (χ1n) is 13.1. The number of primary amides is 1. The molecule has 220 valence electrons. The fraction of sp³-hybridized carbons (Fsp3) is 0.481. The minimum atomic E-state index is -5.08. The molecule has 2 aromatic heterocycles. The zero-order chi connectivity index (χ0) is 29.7. The maximum absolute atomic E-state index is 12.3. The Balaban J connectivity index is 0.000000559. The number of carbonyl (C=O) groups is 2. The van der Waals surface area contributed by atoms with Crippen molar-refractivity contribution in [2.24, 2.45) is 5.73 Å². The number of alkyl halides is 3. The number of nitrogens with one attached hydrogen (secondary N) is 1. The average molecular weight is 602 g/mol. The number of hydrogen-bond donors (Lipinski definition) is 3. The summed E-state index contributed by atoms with van der Waals surface area (Å²) in [6, 6.07) is 6.27. The number of H-pyrrole nitrogens is 1. The van der Waals surface area contributed by atoms with Crippen molar-refractivity contribution in [1.82, 2.24) is 9.29 Å². The molecule has 3 aromatic rings. The Bertz CT molecular complexity index is 1440. The predicted molar refractivity (Wildman–Crippen MR) is 150 cm³/mol. The number of hydrogen-bond acceptors (Lipinski definition) is 5. The summed E-state index contributed by atoms with van der Waals surface area (Å²) < 4.78 is 57.8. The van der Waals surface area contributed by atoms with Gasteiger partial charge < -0.3 is 15.8 Å². The maximum atomic E-state index is 12.3. The van der Waals surface area contributed by atoms with Crippen molar-refractivity contribution < 1.29 is 36.3 Å². The van der Waals surface area contributed by atoms with E-state index in [2.05, 4.69) is 29.4 Å². The zero-order valence-electron chi connectivity index (χ0n) is 22.4. The first-order valence-corrected chi connectivity index (χ1v) is 15.6. The fourth-order valence-electron chi connectivity index (χ4n) is 4.79. The summed E-state index contributed by atoms with van der Waals surface area (Å²) in [7, 11) is -3.16. The van der Waals surface area contributed by atoms with Crippen molar-refractivity contribution in [1.29, 1.82) is 0 Å². The van der Waals surface area contributed by atoms with E-state index in [1.54, 1.807) is 22.6 Å². The number of halogens is 3. The Kier molecular flexibility index (Phi) is 10.4. The topological polar surface area (TPSA) is 134 Å². The Morgan fingerprint density at radius 3 is 2.33 bits per heavy atom. The number of thiophene rings is 1. The number of aryl methyl sites for hydroxylation is 1. The molecule has 0 unspecified atom stereocenters. The van der Waals surface area contributed by atoms with Gasteiger partial charge in [0.05, 0.1) is 16.8 Å². The number of amides is 1. The summed E-state index contributed by atoms with van der Waals surface area (Å²) in [5.41, 5.74) is 10.3. The van der Waals surface area contributed by atoms with Crippen molar-refractivity contribution in [2.45, 2.75) is 64.5 Å². The van der Waals surface area contributed by atoms with Crippen LogP contribution in [0.25, 0.3) is 22.0 Å². The zero-order valence-corrected chi connectivity index (χ0v) is 24.0. The summed E-state index contributed by atoms with van der Waals surface area (Å²) >= 11 is 1.77. The molecule has 0 saturated carbocycles. The molecule has 3 heterocycles. The molecule has 4 N–H and O–H groups in total. The second kappa shape index (κ2) is 13.2. The van der Waals surface area contributed by atoms with E-state index in [1.807, 2.05) is 12.3 Å². The van der Waals surface area contributed by atoms with Gasteiger partial charge in [-0.15, -0.1) is 11.3 Å². The highest BCUT2D eigenvalue weighted by atomic mass is 32.2. The molecular formula is C27H34F3N3O5S2. The number of fused-ring (bicyclic) bond motifs is 1. The Labute approximate surface area is 235 Å².